The molecule has 3 aromatic heterocycles. The smallest absolute Gasteiger partial charge is 0.156 e. The number of aromatic amines is 1. The lowest BCUT2D eigenvalue weighted by atomic mass is 9.91. The van der Waals surface area contributed by atoms with Crippen molar-refractivity contribution in [3.05, 3.63) is 59.2 Å². The second-order valence-corrected chi connectivity index (χ2v) is 7.21. The van der Waals surface area contributed by atoms with Crippen molar-refractivity contribution in [1.29, 1.82) is 0 Å². The number of fused-ring (bicyclic) bond motifs is 4. The number of aromatic nitrogens is 4. The highest BCUT2D eigenvalue weighted by Crippen LogP contribution is 2.31. The van der Waals surface area contributed by atoms with Crippen molar-refractivity contribution in [3.63, 3.8) is 0 Å². The number of benzene rings is 1. The van der Waals surface area contributed by atoms with E-state index < -0.39 is 0 Å². The average Bonchev–Trinajstić information content (AvgIpc) is 2.99. The van der Waals surface area contributed by atoms with Gasteiger partial charge in [-0.25, -0.2) is 9.97 Å². The van der Waals surface area contributed by atoms with E-state index in [-0.39, 0.29) is 0 Å². The van der Waals surface area contributed by atoms with Gasteiger partial charge >= 0.3 is 0 Å². The molecule has 1 aliphatic rings. The normalized spacial score (nSPS) is 16.8. The Morgan fingerprint density at radius 1 is 1.15 bits per heavy atom. The van der Waals surface area contributed by atoms with Crippen LogP contribution in [-0.2, 0) is 12.8 Å². The van der Waals surface area contributed by atoms with Crippen LogP contribution in [0.3, 0.4) is 0 Å². The molecule has 4 aromatic rings. The van der Waals surface area contributed by atoms with E-state index in [9.17, 15) is 0 Å². The number of hydrogen-bond acceptors (Lipinski definition) is 4. The molecule has 0 saturated carbocycles. The molecule has 0 aliphatic heterocycles. The zero-order chi connectivity index (χ0) is 17.7. The number of pyridine rings is 1. The third-order valence-electron chi connectivity index (χ3n) is 5.22. The molecule has 0 saturated heterocycles. The number of H-pyrrole nitrogens is 1. The summed E-state index contributed by atoms with van der Waals surface area (Å²) in [6.45, 7) is 3.97. The van der Waals surface area contributed by atoms with E-state index in [0.717, 1.165) is 47.5 Å². The highest BCUT2D eigenvalue weighted by atomic mass is 15.1. The van der Waals surface area contributed by atoms with E-state index >= 15 is 0 Å². The van der Waals surface area contributed by atoms with Crippen molar-refractivity contribution < 1.29 is 0 Å². The molecule has 1 aromatic carbocycles. The molecular weight excluding hydrogens is 322 g/mol. The van der Waals surface area contributed by atoms with Crippen LogP contribution in [0.25, 0.3) is 21.9 Å². The van der Waals surface area contributed by atoms with Crippen LogP contribution in [0.15, 0.2) is 36.5 Å². The molecule has 26 heavy (non-hydrogen) atoms. The molecular formula is C21H21N5. The molecule has 0 bridgehead atoms. The number of hydrogen-bond donors (Lipinski definition) is 2. The Balaban J connectivity index is 1.50. The largest absolute Gasteiger partial charge is 0.365 e. The van der Waals surface area contributed by atoms with Crippen LogP contribution >= 0.6 is 0 Å². The van der Waals surface area contributed by atoms with Gasteiger partial charge in [-0.3, -0.25) is 4.98 Å². The van der Waals surface area contributed by atoms with Crippen LogP contribution in [0.2, 0.25) is 0 Å². The van der Waals surface area contributed by atoms with Gasteiger partial charge in [-0.2, -0.15) is 0 Å². The fourth-order valence-electron chi connectivity index (χ4n) is 4.02. The zero-order valence-corrected chi connectivity index (χ0v) is 15.0. The Labute approximate surface area is 151 Å². The maximum atomic E-state index is 4.64. The quantitative estimate of drug-likeness (QED) is 0.575. The molecule has 3 heterocycles. The van der Waals surface area contributed by atoms with Gasteiger partial charge in [0.15, 0.2) is 5.82 Å². The highest BCUT2D eigenvalue weighted by Gasteiger charge is 2.23. The zero-order valence-electron chi connectivity index (χ0n) is 15.0. The minimum absolute atomic E-state index is 0.349. The van der Waals surface area contributed by atoms with Gasteiger partial charge in [-0.1, -0.05) is 18.2 Å². The number of aryl methyl sites for hydroxylation is 3. The highest BCUT2D eigenvalue weighted by molar-refractivity contribution is 5.86. The first-order valence-corrected chi connectivity index (χ1v) is 9.13. The summed E-state index contributed by atoms with van der Waals surface area (Å²) in [6.07, 6.45) is 5.01. The summed E-state index contributed by atoms with van der Waals surface area (Å²) in [5.74, 6) is 1.62. The van der Waals surface area contributed by atoms with Crippen LogP contribution in [0.5, 0.6) is 0 Å². The molecule has 130 valence electrons. The molecule has 0 radical (unpaired) electrons. The molecule has 2 N–H and O–H groups in total. The number of rotatable bonds is 2. The minimum Gasteiger partial charge on any atom is -0.365 e. The monoisotopic (exact) mass is 343 g/mol. The number of nitrogens with zero attached hydrogens (tertiary/aromatic N) is 3. The third-order valence-corrected chi connectivity index (χ3v) is 5.22. The number of para-hydroxylation sites is 1. The standard InChI is InChI=1S/C21H21N5/c1-12-9-19-20(22-11-12)21(24-13(2)23-19)25-14-7-8-18-16(10-14)15-5-3-4-6-17(15)26-18/h3-6,9,11,14,26H,7-8,10H2,1-2H3,(H,23,24,25)/t14-/m1/s1. The number of anilines is 1. The van der Waals surface area contributed by atoms with Crippen molar-refractivity contribution in [2.24, 2.45) is 0 Å². The summed E-state index contributed by atoms with van der Waals surface area (Å²) in [4.78, 5) is 17.3. The summed E-state index contributed by atoms with van der Waals surface area (Å²) >= 11 is 0. The number of nitrogens with one attached hydrogen (secondary N) is 2. The van der Waals surface area contributed by atoms with Crippen LogP contribution < -0.4 is 5.32 Å². The van der Waals surface area contributed by atoms with E-state index in [4.69, 9.17) is 0 Å². The van der Waals surface area contributed by atoms with E-state index in [1.165, 1.54) is 22.2 Å². The summed E-state index contributed by atoms with van der Waals surface area (Å²) in [5, 5.41) is 4.99. The fraction of sp³-hybridized carbons (Fsp3) is 0.286. The summed E-state index contributed by atoms with van der Waals surface area (Å²) < 4.78 is 0. The topological polar surface area (TPSA) is 66.5 Å². The first kappa shape index (κ1) is 15.3. The summed E-state index contributed by atoms with van der Waals surface area (Å²) in [5.41, 5.74) is 6.92. The molecule has 5 heteroatoms. The average molecular weight is 343 g/mol. The molecule has 5 nitrogen and oxygen atoms in total. The van der Waals surface area contributed by atoms with Crippen LogP contribution in [-0.4, -0.2) is 26.0 Å². The molecule has 0 spiro atoms. The van der Waals surface area contributed by atoms with Gasteiger partial charge in [-0.15, -0.1) is 0 Å². The minimum atomic E-state index is 0.349. The summed E-state index contributed by atoms with van der Waals surface area (Å²) in [6, 6.07) is 11.0. The second-order valence-electron chi connectivity index (χ2n) is 7.21. The third kappa shape index (κ3) is 2.51. The molecule has 1 atom stereocenters. The predicted octanol–water partition coefficient (Wildman–Crippen LogP) is 4.09. The molecule has 5 rings (SSSR count). The first-order chi connectivity index (χ1) is 12.7. The van der Waals surface area contributed by atoms with Gasteiger partial charge in [0.25, 0.3) is 0 Å². The van der Waals surface area contributed by atoms with Gasteiger partial charge in [-0.05, 0) is 56.4 Å². The Hall–Kier alpha value is -2.95. The van der Waals surface area contributed by atoms with Gasteiger partial charge in [0.1, 0.15) is 11.3 Å². The van der Waals surface area contributed by atoms with Crippen LogP contribution in [0.4, 0.5) is 5.82 Å². The van der Waals surface area contributed by atoms with Crippen molar-refractivity contribution in [3.8, 4) is 0 Å². The SMILES string of the molecule is Cc1cnc2c(N[C@@H]3CCc4[nH]c5ccccc5c4C3)nc(C)nc2c1. The lowest BCUT2D eigenvalue weighted by Gasteiger charge is -2.24. The maximum Gasteiger partial charge on any atom is 0.156 e. The van der Waals surface area contributed by atoms with Crippen molar-refractivity contribution in [2.75, 3.05) is 5.32 Å². The molecule has 0 amide bonds. The van der Waals surface area contributed by atoms with Crippen molar-refractivity contribution >= 4 is 27.8 Å². The first-order valence-electron chi connectivity index (χ1n) is 9.13. The van der Waals surface area contributed by atoms with E-state index in [2.05, 4.69) is 55.6 Å². The second kappa shape index (κ2) is 5.80. The van der Waals surface area contributed by atoms with E-state index in [1.54, 1.807) is 0 Å². The predicted molar refractivity (Wildman–Crippen MR) is 105 cm³/mol. The lowest BCUT2D eigenvalue weighted by Crippen LogP contribution is -2.28. The maximum absolute atomic E-state index is 4.64. The van der Waals surface area contributed by atoms with Gasteiger partial charge in [0, 0.05) is 28.8 Å². The fourth-order valence-corrected chi connectivity index (χ4v) is 4.02. The van der Waals surface area contributed by atoms with E-state index in [0.29, 0.717) is 6.04 Å². The van der Waals surface area contributed by atoms with Gasteiger partial charge in [0.05, 0.1) is 5.52 Å². The van der Waals surface area contributed by atoms with E-state index in [1.807, 2.05) is 20.0 Å². The summed E-state index contributed by atoms with van der Waals surface area (Å²) in [7, 11) is 0. The molecule has 0 unspecified atom stereocenters. The Bertz CT molecular complexity index is 1120. The van der Waals surface area contributed by atoms with Gasteiger partial charge < -0.3 is 10.3 Å². The Morgan fingerprint density at radius 2 is 2.04 bits per heavy atom. The molecule has 0 fully saturated rings. The van der Waals surface area contributed by atoms with Crippen LogP contribution in [0, 0.1) is 13.8 Å². The lowest BCUT2D eigenvalue weighted by molar-refractivity contribution is 0.605. The Kier molecular flexibility index (Phi) is 3.42. The Morgan fingerprint density at radius 3 is 2.96 bits per heavy atom. The van der Waals surface area contributed by atoms with Gasteiger partial charge in [0.2, 0.25) is 0 Å². The van der Waals surface area contributed by atoms with Crippen molar-refractivity contribution in [2.45, 2.75) is 39.2 Å². The van der Waals surface area contributed by atoms with Crippen LogP contribution in [0.1, 0.15) is 29.1 Å². The molecule has 1 aliphatic carbocycles. The van der Waals surface area contributed by atoms with Crippen molar-refractivity contribution in [1.82, 2.24) is 19.9 Å².